The highest BCUT2D eigenvalue weighted by molar-refractivity contribution is 5.75. The lowest BCUT2D eigenvalue weighted by Gasteiger charge is -1.96. The van der Waals surface area contributed by atoms with Gasteiger partial charge in [-0.15, -0.1) is 0 Å². The second kappa shape index (κ2) is 3.05. The van der Waals surface area contributed by atoms with E-state index >= 15 is 0 Å². The van der Waals surface area contributed by atoms with Crippen LogP contribution in [-0.4, -0.2) is 11.3 Å². The second-order valence-electron chi connectivity index (χ2n) is 1.91. The van der Waals surface area contributed by atoms with Gasteiger partial charge in [0.05, 0.1) is 11.8 Å². The molecule has 60 valence electrons. The summed E-state index contributed by atoms with van der Waals surface area (Å²) in [5.41, 5.74) is -1.35. The summed E-state index contributed by atoms with van der Waals surface area (Å²) < 4.78 is 25.3. The van der Waals surface area contributed by atoms with Crippen molar-refractivity contribution in [3.05, 3.63) is 29.1 Å². The molecule has 12 heavy (non-hydrogen) atoms. The Kier molecular flexibility index (Phi) is 2.10. The Hall–Kier alpha value is -1.83. The Labute approximate surface area is 66.3 Å². The smallest absolute Gasteiger partial charge is 0.177 e. The van der Waals surface area contributed by atoms with E-state index in [4.69, 9.17) is 5.26 Å². The van der Waals surface area contributed by atoms with Gasteiger partial charge in [-0.25, -0.2) is 13.8 Å². The maximum atomic E-state index is 12.8. The van der Waals surface area contributed by atoms with Gasteiger partial charge in [-0.2, -0.15) is 5.26 Å². The molecule has 5 heteroatoms. The fourth-order valence-electron chi connectivity index (χ4n) is 0.666. The zero-order chi connectivity index (χ0) is 9.14. The summed E-state index contributed by atoms with van der Waals surface area (Å²) >= 11 is 0. The number of pyridine rings is 1. The summed E-state index contributed by atoms with van der Waals surface area (Å²) in [5.74, 6) is -2.28. The first-order valence-electron chi connectivity index (χ1n) is 2.90. The number of halogens is 2. The van der Waals surface area contributed by atoms with Crippen molar-refractivity contribution in [1.82, 2.24) is 4.98 Å². The zero-order valence-electron chi connectivity index (χ0n) is 5.71. The zero-order valence-corrected chi connectivity index (χ0v) is 5.71. The molecule has 0 N–H and O–H groups in total. The first-order chi connectivity index (χ1) is 5.70. The van der Waals surface area contributed by atoms with Gasteiger partial charge in [0.15, 0.2) is 23.6 Å². The molecule has 0 saturated heterocycles. The van der Waals surface area contributed by atoms with Crippen molar-refractivity contribution in [2.24, 2.45) is 0 Å². The Morgan fingerprint density at radius 3 is 2.75 bits per heavy atom. The van der Waals surface area contributed by atoms with E-state index in [0.29, 0.717) is 6.20 Å². The first-order valence-corrected chi connectivity index (χ1v) is 2.90. The largest absolute Gasteiger partial charge is 0.298 e. The topological polar surface area (TPSA) is 53.8 Å². The predicted octanol–water partition coefficient (Wildman–Crippen LogP) is 1.04. The highest BCUT2D eigenvalue weighted by atomic mass is 19.1. The molecule has 0 radical (unpaired) electrons. The van der Waals surface area contributed by atoms with Crippen LogP contribution in [0.2, 0.25) is 0 Å². The number of hydrogen-bond acceptors (Lipinski definition) is 3. The molecule has 0 unspecified atom stereocenters. The van der Waals surface area contributed by atoms with Crippen LogP contribution in [-0.2, 0) is 0 Å². The number of rotatable bonds is 1. The van der Waals surface area contributed by atoms with Crippen LogP contribution in [0, 0.1) is 23.0 Å². The van der Waals surface area contributed by atoms with Gasteiger partial charge >= 0.3 is 0 Å². The number of aromatic nitrogens is 1. The molecule has 1 heterocycles. The molecule has 0 aliphatic carbocycles. The van der Waals surface area contributed by atoms with E-state index in [9.17, 15) is 13.6 Å². The van der Waals surface area contributed by atoms with Crippen LogP contribution in [0.15, 0.2) is 6.20 Å². The molecular weight excluding hydrogens is 166 g/mol. The van der Waals surface area contributed by atoms with E-state index in [-0.39, 0.29) is 6.29 Å². The SMILES string of the molecule is N#Cc1ncc(F)c(C=O)c1F. The molecule has 3 nitrogen and oxygen atoms in total. The minimum Gasteiger partial charge on any atom is -0.298 e. The Balaban J connectivity index is 3.46. The summed E-state index contributed by atoms with van der Waals surface area (Å²) in [5, 5.41) is 8.24. The number of nitriles is 1. The molecule has 1 aromatic rings. The molecule has 1 aromatic heterocycles. The van der Waals surface area contributed by atoms with E-state index in [1.165, 1.54) is 6.07 Å². The third-order valence-corrected chi connectivity index (χ3v) is 1.23. The van der Waals surface area contributed by atoms with Gasteiger partial charge in [-0.1, -0.05) is 0 Å². The van der Waals surface area contributed by atoms with Crippen LogP contribution in [0.3, 0.4) is 0 Å². The standard InChI is InChI=1S/C7H2F2N2O/c8-5-2-11-6(1-10)7(9)4(5)3-12/h2-3H. The van der Waals surface area contributed by atoms with Gasteiger partial charge in [-0.05, 0) is 0 Å². The van der Waals surface area contributed by atoms with E-state index in [1.54, 1.807) is 0 Å². The van der Waals surface area contributed by atoms with Crippen LogP contribution in [0.4, 0.5) is 8.78 Å². The number of nitrogens with zero attached hydrogens (tertiary/aromatic N) is 2. The quantitative estimate of drug-likeness (QED) is 0.588. The van der Waals surface area contributed by atoms with Crippen LogP contribution >= 0.6 is 0 Å². The van der Waals surface area contributed by atoms with Crippen molar-refractivity contribution >= 4 is 6.29 Å². The molecule has 0 bridgehead atoms. The van der Waals surface area contributed by atoms with Gasteiger partial charge in [0.25, 0.3) is 0 Å². The monoisotopic (exact) mass is 168 g/mol. The summed E-state index contributed by atoms with van der Waals surface area (Å²) in [6.07, 6.45) is 0.637. The number of hydrogen-bond donors (Lipinski definition) is 0. The van der Waals surface area contributed by atoms with Crippen LogP contribution in [0.25, 0.3) is 0 Å². The Morgan fingerprint density at radius 1 is 1.58 bits per heavy atom. The average molecular weight is 168 g/mol. The van der Waals surface area contributed by atoms with E-state index < -0.39 is 22.9 Å². The molecule has 0 aromatic carbocycles. The van der Waals surface area contributed by atoms with Crippen LogP contribution in [0.5, 0.6) is 0 Å². The van der Waals surface area contributed by atoms with Crippen molar-refractivity contribution in [2.45, 2.75) is 0 Å². The van der Waals surface area contributed by atoms with Gasteiger partial charge < -0.3 is 0 Å². The maximum Gasteiger partial charge on any atom is 0.177 e. The summed E-state index contributed by atoms with van der Waals surface area (Å²) in [6, 6.07) is 1.39. The molecule has 0 spiro atoms. The van der Waals surface area contributed by atoms with Crippen LogP contribution < -0.4 is 0 Å². The third-order valence-electron chi connectivity index (χ3n) is 1.23. The van der Waals surface area contributed by atoms with E-state index in [1.807, 2.05) is 0 Å². The van der Waals surface area contributed by atoms with Crippen molar-refractivity contribution in [2.75, 3.05) is 0 Å². The molecule has 0 aliphatic heterocycles. The second-order valence-corrected chi connectivity index (χ2v) is 1.91. The molecule has 0 saturated carbocycles. The normalized spacial score (nSPS) is 9.08. The summed E-state index contributed by atoms with van der Waals surface area (Å²) in [4.78, 5) is 13.2. The molecule has 1 rings (SSSR count). The van der Waals surface area contributed by atoms with Crippen molar-refractivity contribution in [3.63, 3.8) is 0 Å². The fraction of sp³-hybridized carbons (Fsp3) is 0. The van der Waals surface area contributed by atoms with Crippen molar-refractivity contribution < 1.29 is 13.6 Å². The number of aldehydes is 1. The minimum absolute atomic E-state index is 0.00713. The highest BCUT2D eigenvalue weighted by Crippen LogP contribution is 2.11. The number of carbonyl (C=O) groups is 1. The predicted molar refractivity (Wildman–Crippen MR) is 34.3 cm³/mol. The highest BCUT2D eigenvalue weighted by Gasteiger charge is 2.13. The Morgan fingerprint density at radius 2 is 2.25 bits per heavy atom. The van der Waals surface area contributed by atoms with Gasteiger partial charge in [-0.3, -0.25) is 4.79 Å². The fourth-order valence-corrected chi connectivity index (χ4v) is 0.666. The molecule has 0 atom stereocenters. The maximum absolute atomic E-state index is 12.8. The average Bonchev–Trinajstić information content (AvgIpc) is 2.06. The molecule has 0 amide bonds. The summed E-state index contributed by atoms with van der Waals surface area (Å²) in [7, 11) is 0. The summed E-state index contributed by atoms with van der Waals surface area (Å²) in [6.45, 7) is 0. The Bertz CT molecular complexity index is 370. The van der Waals surface area contributed by atoms with Crippen molar-refractivity contribution in [1.29, 1.82) is 5.26 Å². The van der Waals surface area contributed by atoms with Crippen molar-refractivity contribution in [3.8, 4) is 6.07 Å². The third kappa shape index (κ3) is 1.14. The molecular formula is C7H2F2N2O. The number of carbonyl (C=O) groups excluding carboxylic acids is 1. The van der Waals surface area contributed by atoms with Gasteiger partial charge in [0.1, 0.15) is 6.07 Å². The first kappa shape index (κ1) is 8.27. The molecule has 0 aliphatic rings. The lowest BCUT2D eigenvalue weighted by Crippen LogP contribution is -1.99. The molecule has 0 fully saturated rings. The lowest BCUT2D eigenvalue weighted by atomic mass is 10.2. The van der Waals surface area contributed by atoms with E-state index in [0.717, 1.165) is 0 Å². The van der Waals surface area contributed by atoms with Gasteiger partial charge in [0.2, 0.25) is 0 Å². The lowest BCUT2D eigenvalue weighted by molar-refractivity contribution is 0.111. The van der Waals surface area contributed by atoms with E-state index in [2.05, 4.69) is 4.98 Å². The van der Waals surface area contributed by atoms with Gasteiger partial charge in [0, 0.05) is 0 Å². The minimum atomic E-state index is -1.22. The van der Waals surface area contributed by atoms with Crippen LogP contribution in [0.1, 0.15) is 16.1 Å².